The Hall–Kier alpha value is 1.83. The van der Waals surface area contributed by atoms with Crippen molar-refractivity contribution >= 4 is 34.0 Å². The Morgan fingerprint density at radius 1 is 0.727 bits per heavy atom. The first-order chi connectivity index (χ1) is 3.46. The Labute approximate surface area is 112 Å². The number of rotatable bonds is 0. The molecule has 0 saturated carbocycles. The quantitative estimate of drug-likeness (QED) is 0.382. The molecule has 0 aliphatic carbocycles. The molecule has 72 valence electrons. The van der Waals surface area contributed by atoms with E-state index in [0.29, 0.717) is 11.8 Å². The van der Waals surface area contributed by atoms with E-state index in [-0.39, 0.29) is 59.8 Å². The topological polar surface area (TPSA) is 0 Å². The summed E-state index contributed by atoms with van der Waals surface area (Å²) in [6.07, 6.45) is 0. The molecule has 3 heteroatoms. The molecular formula is C8H20Br2Hf-2. The Kier molecular flexibility index (Phi) is 60.3. The first-order valence-corrected chi connectivity index (χ1v) is 3.13. The maximum absolute atomic E-state index is 3.64. The fourth-order valence-electron chi connectivity index (χ4n) is 0. The summed E-state index contributed by atoms with van der Waals surface area (Å²) in [5.41, 5.74) is 0. The normalized spacial score (nSPS) is 6.55. The summed E-state index contributed by atoms with van der Waals surface area (Å²) in [5.74, 6) is 1.17. The minimum absolute atomic E-state index is 0. The van der Waals surface area contributed by atoms with E-state index in [2.05, 4.69) is 41.5 Å². The first-order valence-electron chi connectivity index (χ1n) is 3.13. The third-order valence-electron chi connectivity index (χ3n) is 0. The third-order valence-corrected chi connectivity index (χ3v) is 0. The van der Waals surface area contributed by atoms with Crippen molar-refractivity contribution < 1.29 is 25.8 Å². The van der Waals surface area contributed by atoms with Crippen molar-refractivity contribution in [2.45, 2.75) is 27.7 Å². The maximum atomic E-state index is 3.64. The standard InChI is InChI=1S/2C4H9.2BrH.Hf/c2*1-4(2)3;;;/h2*4H,1H2,2-3H3;2*1H;/q2*-1;;;. The van der Waals surface area contributed by atoms with Crippen LogP contribution >= 0.6 is 34.0 Å². The molecule has 0 heterocycles. The summed E-state index contributed by atoms with van der Waals surface area (Å²) in [7, 11) is 0. The van der Waals surface area contributed by atoms with Gasteiger partial charge in [-0.25, -0.2) is 0 Å². The van der Waals surface area contributed by atoms with Gasteiger partial charge in [0.25, 0.3) is 0 Å². The summed E-state index contributed by atoms with van der Waals surface area (Å²) >= 11 is 0. The van der Waals surface area contributed by atoms with Crippen molar-refractivity contribution in [3.63, 3.8) is 0 Å². The Morgan fingerprint density at radius 2 is 0.727 bits per heavy atom. The van der Waals surface area contributed by atoms with Gasteiger partial charge in [-0.05, 0) is 0 Å². The molecule has 0 bridgehead atoms. The molecule has 11 heavy (non-hydrogen) atoms. The largest absolute Gasteiger partial charge is 0.341 e. The van der Waals surface area contributed by atoms with Crippen molar-refractivity contribution in [3.8, 4) is 0 Å². The van der Waals surface area contributed by atoms with Crippen LogP contribution in [0.15, 0.2) is 0 Å². The van der Waals surface area contributed by atoms with Crippen molar-refractivity contribution in [1.82, 2.24) is 0 Å². The van der Waals surface area contributed by atoms with Gasteiger partial charge in [-0.3, -0.25) is 0 Å². The van der Waals surface area contributed by atoms with Crippen LogP contribution in [0.1, 0.15) is 27.7 Å². The molecule has 0 aromatic rings. The SMILES string of the molecule is Br.Br.[CH2-]C(C)C.[CH2-]C(C)C.[Hf]. The molecule has 0 unspecified atom stereocenters. The second-order valence-electron chi connectivity index (χ2n) is 2.79. The second-order valence-corrected chi connectivity index (χ2v) is 2.79. The molecule has 0 saturated heterocycles. The Bertz CT molecular complexity index is 27.6. The van der Waals surface area contributed by atoms with Crippen LogP contribution in [0.25, 0.3) is 0 Å². The predicted molar refractivity (Wildman–Crippen MR) is 61.0 cm³/mol. The van der Waals surface area contributed by atoms with E-state index >= 15 is 0 Å². The molecule has 0 nitrogen and oxygen atoms in total. The number of hydrogen-bond acceptors (Lipinski definition) is 0. The van der Waals surface area contributed by atoms with Crippen molar-refractivity contribution in [2.24, 2.45) is 11.8 Å². The number of halogens is 2. The van der Waals surface area contributed by atoms with Gasteiger partial charge in [0.05, 0.1) is 0 Å². The monoisotopic (exact) mass is 454 g/mol. The van der Waals surface area contributed by atoms with Crippen molar-refractivity contribution in [3.05, 3.63) is 13.8 Å². The zero-order valence-corrected chi connectivity index (χ0v) is 14.9. The molecule has 0 N–H and O–H groups in total. The molecule has 0 aromatic carbocycles. The Morgan fingerprint density at radius 3 is 0.727 bits per heavy atom. The second kappa shape index (κ2) is 22.6. The minimum atomic E-state index is 0. The molecule has 0 atom stereocenters. The van der Waals surface area contributed by atoms with Gasteiger partial charge in [0.15, 0.2) is 0 Å². The van der Waals surface area contributed by atoms with Gasteiger partial charge >= 0.3 is 0 Å². The summed E-state index contributed by atoms with van der Waals surface area (Å²) in [4.78, 5) is 0. The minimum Gasteiger partial charge on any atom is -0.341 e. The molecule has 0 fully saturated rings. The van der Waals surface area contributed by atoms with Gasteiger partial charge in [-0.2, -0.15) is 11.8 Å². The number of hydrogen-bond donors (Lipinski definition) is 0. The Balaban J connectivity index is -0.0000000171. The van der Waals surface area contributed by atoms with Crippen LogP contribution in [-0.2, 0) is 25.8 Å². The van der Waals surface area contributed by atoms with E-state index < -0.39 is 0 Å². The van der Waals surface area contributed by atoms with Crippen LogP contribution in [0.5, 0.6) is 0 Å². The van der Waals surface area contributed by atoms with Gasteiger partial charge in [-0.1, -0.05) is 27.7 Å². The van der Waals surface area contributed by atoms with Gasteiger partial charge in [0.2, 0.25) is 0 Å². The molecule has 0 aliphatic heterocycles. The van der Waals surface area contributed by atoms with E-state index in [9.17, 15) is 0 Å². The van der Waals surface area contributed by atoms with Crippen LogP contribution in [0.4, 0.5) is 0 Å². The van der Waals surface area contributed by atoms with Crippen LogP contribution in [0.2, 0.25) is 0 Å². The van der Waals surface area contributed by atoms with E-state index in [1.165, 1.54) is 0 Å². The van der Waals surface area contributed by atoms with Crippen LogP contribution in [0, 0.1) is 25.7 Å². The average Bonchev–Trinajstić information content (AvgIpc) is 1.25. The zero-order valence-electron chi connectivity index (χ0n) is 7.89. The van der Waals surface area contributed by atoms with Crippen LogP contribution in [-0.4, -0.2) is 0 Å². The summed E-state index contributed by atoms with van der Waals surface area (Å²) in [6, 6.07) is 0. The average molecular weight is 455 g/mol. The van der Waals surface area contributed by atoms with E-state index in [1.54, 1.807) is 0 Å². The molecule has 0 amide bonds. The molecular weight excluding hydrogens is 434 g/mol. The van der Waals surface area contributed by atoms with Gasteiger partial charge in [-0.15, -0.1) is 34.0 Å². The predicted octanol–water partition coefficient (Wildman–Crippen LogP) is 4.11. The van der Waals surface area contributed by atoms with Gasteiger partial charge in [0, 0.05) is 25.8 Å². The van der Waals surface area contributed by atoms with E-state index in [0.717, 1.165) is 0 Å². The van der Waals surface area contributed by atoms with Crippen LogP contribution in [0.3, 0.4) is 0 Å². The summed E-state index contributed by atoms with van der Waals surface area (Å²) in [6.45, 7) is 15.5. The van der Waals surface area contributed by atoms with Gasteiger partial charge in [0.1, 0.15) is 0 Å². The molecule has 0 aliphatic rings. The fourth-order valence-corrected chi connectivity index (χ4v) is 0. The zero-order chi connectivity index (χ0) is 7.15. The molecule has 0 radical (unpaired) electrons. The third kappa shape index (κ3) is 341. The smallest absolute Gasteiger partial charge is 0 e. The molecule has 0 aromatic heterocycles. The molecule has 0 rings (SSSR count). The summed E-state index contributed by atoms with van der Waals surface area (Å²) in [5, 5.41) is 0. The van der Waals surface area contributed by atoms with Crippen molar-refractivity contribution in [1.29, 1.82) is 0 Å². The molecule has 0 spiro atoms. The fraction of sp³-hybridized carbons (Fsp3) is 0.750. The maximum Gasteiger partial charge on any atom is 0 e. The first kappa shape index (κ1) is 29.3. The van der Waals surface area contributed by atoms with Gasteiger partial charge < -0.3 is 13.8 Å². The van der Waals surface area contributed by atoms with Crippen LogP contribution < -0.4 is 0 Å². The van der Waals surface area contributed by atoms with E-state index in [4.69, 9.17) is 0 Å². The summed E-state index contributed by atoms with van der Waals surface area (Å²) < 4.78 is 0. The van der Waals surface area contributed by atoms with Crippen molar-refractivity contribution in [2.75, 3.05) is 0 Å². The van der Waals surface area contributed by atoms with E-state index in [1.807, 2.05) is 0 Å².